The van der Waals surface area contributed by atoms with Gasteiger partial charge in [0, 0.05) is 22.3 Å². The van der Waals surface area contributed by atoms with Gasteiger partial charge in [-0.3, -0.25) is 0 Å². The Hall–Kier alpha value is -3.61. The van der Waals surface area contributed by atoms with Crippen LogP contribution in [0.2, 0.25) is 0 Å². The molecule has 0 aliphatic rings. The third-order valence-electron chi connectivity index (χ3n) is 6.05. The van der Waals surface area contributed by atoms with Gasteiger partial charge in [0.15, 0.2) is 29.1 Å². The fraction of sp³-hybridized carbons (Fsp3) is 0.172. The van der Waals surface area contributed by atoms with Gasteiger partial charge in [0.25, 0.3) is 0 Å². The Labute approximate surface area is 204 Å². The lowest BCUT2D eigenvalue weighted by Gasteiger charge is -2.12. The van der Waals surface area contributed by atoms with E-state index in [-0.39, 0.29) is 22.3 Å². The lowest BCUT2D eigenvalue weighted by molar-refractivity contribution is 0.447. The predicted molar refractivity (Wildman–Crippen MR) is 126 cm³/mol. The van der Waals surface area contributed by atoms with Crippen molar-refractivity contribution in [2.24, 2.45) is 0 Å². The van der Waals surface area contributed by atoms with Crippen LogP contribution in [-0.4, -0.2) is 0 Å². The molecule has 0 bridgehead atoms. The molecule has 0 radical (unpaired) electrons. The Bertz CT molecular complexity index is 1400. The van der Waals surface area contributed by atoms with Gasteiger partial charge in [-0.1, -0.05) is 56.2 Å². The van der Waals surface area contributed by atoms with Crippen molar-refractivity contribution in [2.75, 3.05) is 0 Å². The average Bonchev–Trinajstić information content (AvgIpc) is 2.84. The maximum absolute atomic E-state index is 15.0. The summed E-state index contributed by atoms with van der Waals surface area (Å²) < 4.78 is 99.6. The van der Waals surface area contributed by atoms with Crippen LogP contribution < -0.4 is 0 Å². The van der Waals surface area contributed by atoms with E-state index in [0.29, 0.717) is 18.6 Å². The standard InChI is InChI=1S/C29H21F7/c1-2-3-4-5-16-6-8-21(23(30)12-16)22-9-7-17(13-24(22)31)19-10-11-20(28(35)27(19)34)18-14-25(32)29(36)26(33)15-18/h6-15H,2-5H2,1H3. The van der Waals surface area contributed by atoms with Crippen LogP contribution in [0.5, 0.6) is 0 Å². The van der Waals surface area contributed by atoms with E-state index in [9.17, 15) is 30.7 Å². The molecule has 0 heterocycles. The summed E-state index contributed by atoms with van der Waals surface area (Å²) in [6.45, 7) is 2.07. The molecule has 7 heteroatoms. The van der Waals surface area contributed by atoms with Gasteiger partial charge in [-0.25, -0.2) is 30.7 Å². The van der Waals surface area contributed by atoms with E-state index in [4.69, 9.17) is 0 Å². The SMILES string of the molecule is CCCCCc1ccc(-c2ccc(-c3ccc(-c4cc(F)c(F)c(F)c4)c(F)c3F)cc2F)c(F)c1. The van der Waals surface area contributed by atoms with Crippen LogP contribution in [0.3, 0.4) is 0 Å². The Morgan fingerprint density at radius 3 is 1.53 bits per heavy atom. The van der Waals surface area contributed by atoms with Gasteiger partial charge < -0.3 is 0 Å². The number of benzene rings is 4. The lowest BCUT2D eigenvalue weighted by Crippen LogP contribution is -1.98. The van der Waals surface area contributed by atoms with E-state index >= 15 is 0 Å². The van der Waals surface area contributed by atoms with E-state index in [2.05, 4.69) is 6.92 Å². The zero-order chi connectivity index (χ0) is 26.0. The molecule has 0 aromatic heterocycles. The summed E-state index contributed by atoms with van der Waals surface area (Å²) in [7, 11) is 0. The Balaban J connectivity index is 1.66. The fourth-order valence-corrected chi connectivity index (χ4v) is 4.12. The molecule has 4 aromatic carbocycles. The highest BCUT2D eigenvalue weighted by Crippen LogP contribution is 2.35. The van der Waals surface area contributed by atoms with Crippen molar-refractivity contribution >= 4 is 0 Å². The first-order chi connectivity index (χ1) is 17.2. The molecule has 0 atom stereocenters. The first-order valence-corrected chi connectivity index (χ1v) is 11.4. The summed E-state index contributed by atoms with van der Waals surface area (Å²) in [5.41, 5.74) is -0.410. The highest BCUT2D eigenvalue weighted by atomic mass is 19.2. The number of hydrogen-bond donors (Lipinski definition) is 0. The second-order valence-corrected chi connectivity index (χ2v) is 8.51. The molecule has 4 rings (SSSR count). The molecule has 0 spiro atoms. The molecule has 0 saturated carbocycles. The van der Waals surface area contributed by atoms with E-state index in [1.165, 1.54) is 24.3 Å². The normalized spacial score (nSPS) is 11.2. The number of aryl methyl sites for hydroxylation is 1. The van der Waals surface area contributed by atoms with Gasteiger partial charge in [-0.15, -0.1) is 0 Å². The van der Waals surface area contributed by atoms with E-state index in [1.807, 2.05) is 0 Å². The first kappa shape index (κ1) is 25.5. The van der Waals surface area contributed by atoms with Crippen LogP contribution in [0.25, 0.3) is 33.4 Å². The fourth-order valence-electron chi connectivity index (χ4n) is 4.12. The largest absolute Gasteiger partial charge is 0.206 e. The van der Waals surface area contributed by atoms with Gasteiger partial charge in [0.1, 0.15) is 11.6 Å². The van der Waals surface area contributed by atoms with Crippen molar-refractivity contribution in [3.63, 3.8) is 0 Å². The highest BCUT2D eigenvalue weighted by molar-refractivity contribution is 5.75. The van der Waals surface area contributed by atoms with Gasteiger partial charge in [-0.05, 0) is 53.8 Å². The van der Waals surface area contributed by atoms with Crippen LogP contribution in [0, 0.1) is 40.7 Å². The van der Waals surface area contributed by atoms with E-state index in [0.717, 1.165) is 43.0 Å². The number of unbranched alkanes of at least 4 members (excludes halogenated alkanes) is 2. The second-order valence-electron chi connectivity index (χ2n) is 8.51. The van der Waals surface area contributed by atoms with Crippen molar-refractivity contribution in [3.8, 4) is 33.4 Å². The highest BCUT2D eigenvalue weighted by Gasteiger charge is 2.20. The number of hydrogen-bond acceptors (Lipinski definition) is 0. The lowest BCUT2D eigenvalue weighted by atomic mass is 9.95. The summed E-state index contributed by atoms with van der Waals surface area (Å²) in [6.07, 6.45) is 3.69. The molecule has 186 valence electrons. The van der Waals surface area contributed by atoms with Crippen molar-refractivity contribution in [3.05, 3.63) is 107 Å². The van der Waals surface area contributed by atoms with Crippen LogP contribution in [0.1, 0.15) is 31.7 Å². The van der Waals surface area contributed by atoms with Gasteiger partial charge in [0.05, 0.1) is 0 Å². The first-order valence-electron chi connectivity index (χ1n) is 11.4. The predicted octanol–water partition coefficient (Wildman–Crippen LogP) is 9.39. The van der Waals surface area contributed by atoms with Gasteiger partial charge >= 0.3 is 0 Å². The van der Waals surface area contributed by atoms with Gasteiger partial charge in [-0.2, -0.15) is 0 Å². The number of halogens is 7. The number of rotatable bonds is 7. The molecule has 0 N–H and O–H groups in total. The van der Waals surface area contributed by atoms with Crippen LogP contribution in [0.15, 0.2) is 60.7 Å². The van der Waals surface area contributed by atoms with Crippen molar-refractivity contribution < 1.29 is 30.7 Å². The Morgan fingerprint density at radius 2 is 0.972 bits per heavy atom. The zero-order valence-corrected chi connectivity index (χ0v) is 19.2. The minimum absolute atomic E-state index is 0.0211. The van der Waals surface area contributed by atoms with Crippen LogP contribution >= 0.6 is 0 Å². The molecule has 0 aliphatic heterocycles. The molecular formula is C29H21F7. The molecule has 0 saturated heterocycles. The minimum atomic E-state index is -1.73. The average molecular weight is 502 g/mol. The summed E-state index contributed by atoms with van der Waals surface area (Å²) in [4.78, 5) is 0. The summed E-state index contributed by atoms with van der Waals surface area (Å²) in [6, 6.07) is 11.4. The second kappa shape index (κ2) is 10.6. The molecular weight excluding hydrogens is 481 g/mol. The quantitative estimate of drug-likeness (QED) is 0.134. The smallest absolute Gasteiger partial charge is 0.194 e. The monoisotopic (exact) mass is 502 g/mol. The maximum atomic E-state index is 15.0. The maximum Gasteiger partial charge on any atom is 0.194 e. The molecule has 0 nitrogen and oxygen atoms in total. The third-order valence-corrected chi connectivity index (χ3v) is 6.05. The third kappa shape index (κ3) is 5.01. The van der Waals surface area contributed by atoms with Crippen molar-refractivity contribution in [1.82, 2.24) is 0 Å². The molecule has 4 aromatic rings. The van der Waals surface area contributed by atoms with Crippen molar-refractivity contribution in [2.45, 2.75) is 32.6 Å². The van der Waals surface area contributed by atoms with Gasteiger partial charge in [0.2, 0.25) is 0 Å². The van der Waals surface area contributed by atoms with E-state index < -0.39 is 51.8 Å². The summed E-state index contributed by atoms with van der Waals surface area (Å²) in [5, 5.41) is 0. The van der Waals surface area contributed by atoms with E-state index in [1.54, 1.807) is 6.07 Å². The molecule has 36 heavy (non-hydrogen) atoms. The minimum Gasteiger partial charge on any atom is -0.206 e. The molecule has 0 unspecified atom stereocenters. The zero-order valence-electron chi connectivity index (χ0n) is 19.2. The molecule has 0 amide bonds. The molecule has 0 fully saturated rings. The Kier molecular flexibility index (Phi) is 7.48. The summed E-state index contributed by atoms with van der Waals surface area (Å²) >= 11 is 0. The van der Waals surface area contributed by atoms with Crippen molar-refractivity contribution in [1.29, 1.82) is 0 Å². The van der Waals surface area contributed by atoms with Crippen LogP contribution in [-0.2, 0) is 6.42 Å². The topological polar surface area (TPSA) is 0 Å². The Morgan fingerprint density at radius 1 is 0.472 bits per heavy atom. The molecule has 0 aliphatic carbocycles. The summed E-state index contributed by atoms with van der Waals surface area (Å²) in [5.74, 6) is -9.07. The van der Waals surface area contributed by atoms with Crippen LogP contribution in [0.4, 0.5) is 30.7 Å².